The minimum absolute atomic E-state index is 0.0354. The Morgan fingerprint density at radius 3 is 2.48 bits per heavy atom. The molecule has 1 aliphatic heterocycles. The van der Waals surface area contributed by atoms with Crippen molar-refractivity contribution < 1.29 is 4.79 Å². The van der Waals surface area contributed by atoms with Gasteiger partial charge in [0.15, 0.2) is 0 Å². The third-order valence-electron chi connectivity index (χ3n) is 5.45. The number of carbonyl (C=O) groups is 1. The van der Waals surface area contributed by atoms with Crippen LogP contribution in [0, 0.1) is 0 Å². The molecule has 0 radical (unpaired) electrons. The van der Waals surface area contributed by atoms with E-state index in [0.29, 0.717) is 5.92 Å². The highest BCUT2D eigenvalue weighted by atomic mass is 16.1. The fourth-order valence-corrected chi connectivity index (χ4v) is 4.03. The maximum absolute atomic E-state index is 11.1. The molecule has 2 heterocycles. The first kappa shape index (κ1) is 17.7. The molecule has 0 bridgehead atoms. The Bertz CT molecular complexity index is 937. The maximum atomic E-state index is 11.1. The molecule has 1 amide bonds. The summed E-state index contributed by atoms with van der Waals surface area (Å²) in [5, 5.41) is 2.81. The molecule has 5 nitrogen and oxygen atoms in total. The molecule has 1 aliphatic rings. The zero-order valence-corrected chi connectivity index (χ0v) is 16.0. The van der Waals surface area contributed by atoms with Gasteiger partial charge in [-0.1, -0.05) is 24.3 Å². The van der Waals surface area contributed by atoms with E-state index in [-0.39, 0.29) is 5.91 Å². The Kier molecular flexibility index (Phi) is 4.94. The third kappa shape index (κ3) is 3.88. The van der Waals surface area contributed by atoms with Gasteiger partial charge in [0, 0.05) is 32.1 Å². The largest absolute Gasteiger partial charge is 0.331 e. The predicted molar refractivity (Wildman–Crippen MR) is 109 cm³/mol. The van der Waals surface area contributed by atoms with Crippen LogP contribution in [0.5, 0.6) is 0 Å². The van der Waals surface area contributed by atoms with E-state index < -0.39 is 0 Å². The van der Waals surface area contributed by atoms with Crippen molar-refractivity contribution in [2.75, 3.05) is 18.4 Å². The molecule has 1 aromatic heterocycles. The molecule has 0 atom stereocenters. The number of para-hydroxylation sites is 2. The lowest BCUT2D eigenvalue weighted by atomic mass is 9.95. The number of nitrogens with one attached hydrogen (secondary N) is 1. The van der Waals surface area contributed by atoms with Crippen LogP contribution in [0.1, 0.15) is 37.1 Å². The summed E-state index contributed by atoms with van der Waals surface area (Å²) in [6, 6.07) is 16.5. The highest BCUT2D eigenvalue weighted by Crippen LogP contribution is 2.30. The summed E-state index contributed by atoms with van der Waals surface area (Å²) in [5.74, 6) is 1.71. The number of carbonyl (C=O) groups excluding carboxylic acids is 1. The summed E-state index contributed by atoms with van der Waals surface area (Å²) in [4.78, 5) is 18.5. The van der Waals surface area contributed by atoms with Gasteiger partial charge in [0.2, 0.25) is 5.91 Å². The summed E-state index contributed by atoms with van der Waals surface area (Å²) in [5.41, 5.74) is 4.45. The van der Waals surface area contributed by atoms with Crippen molar-refractivity contribution in [2.45, 2.75) is 32.2 Å². The third-order valence-corrected chi connectivity index (χ3v) is 5.45. The van der Waals surface area contributed by atoms with Crippen molar-refractivity contribution >= 4 is 22.6 Å². The summed E-state index contributed by atoms with van der Waals surface area (Å²) in [6.45, 7) is 4.65. The van der Waals surface area contributed by atoms with Crippen molar-refractivity contribution in [3.05, 3.63) is 59.9 Å². The number of aryl methyl sites for hydroxylation is 1. The van der Waals surface area contributed by atoms with Gasteiger partial charge in [0.1, 0.15) is 5.82 Å². The lowest BCUT2D eigenvalue weighted by Gasteiger charge is -2.31. The van der Waals surface area contributed by atoms with Crippen molar-refractivity contribution in [3.8, 4) is 0 Å². The van der Waals surface area contributed by atoms with Crippen LogP contribution in [0.4, 0.5) is 5.69 Å². The molecule has 140 valence electrons. The summed E-state index contributed by atoms with van der Waals surface area (Å²) >= 11 is 0. The molecule has 0 spiro atoms. The molecule has 1 saturated heterocycles. The smallest absolute Gasteiger partial charge is 0.221 e. The van der Waals surface area contributed by atoms with Gasteiger partial charge >= 0.3 is 0 Å². The fourth-order valence-electron chi connectivity index (χ4n) is 4.03. The molecule has 4 rings (SSSR count). The molecule has 27 heavy (non-hydrogen) atoms. The average molecular weight is 362 g/mol. The van der Waals surface area contributed by atoms with Crippen molar-refractivity contribution in [3.63, 3.8) is 0 Å². The number of likely N-dealkylation sites (tertiary alicyclic amines) is 1. The summed E-state index contributed by atoms with van der Waals surface area (Å²) in [6.07, 6.45) is 2.28. The lowest BCUT2D eigenvalue weighted by Crippen LogP contribution is -2.33. The van der Waals surface area contributed by atoms with Gasteiger partial charge in [-0.15, -0.1) is 0 Å². The van der Waals surface area contributed by atoms with E-state index >= 15 is 0 Å². The molecule has 3 aromatic rings. The summed E-state index contributed by atoms with van der Waals surface area (Å²) in [7, 11) is 2.13. The normalized spacial score (nSPS) is 15.9. The van der Waals surface area contributed by atoms with Crippen LogP contribution in [0.15, 0.2) is 48.5 Å². The van der Waals surface area contributed by atoms with Crippen molar-refractivity contribution in [1.82, 2.24) is 14.5 Å². The summed E-state index contributed by atoms with van der Waals surface area (Å²) < 4.78 is 2.26. The predicted octanol–water partition coefficient (Wildman–Crippen LogP) is 3.91. The Hall–Kier alpha value is -2.66. The van der Waals surface area contributed by atoms with Crippen LogP contribution in [-0.2, 0) is 18.4 Å². The minimum Gasteiger partial charge on any atom is -0.331 e. The number of fused-ring (bicyclic) bond motifs is 1. The van der Waals surface area contributed by atoms with Crippen LogP contribution < -0.4 is 5.32 Å². The van der Waals surface area contributed by atoms with E-state index in [2.05, 4.69) is 58.2 Å². The number of imidazole rings is 1. The first-order chi connectivity index (χ1) is 13.1. The average Bonchev–Trinajstić information content (AvgIpc) is 3.01. The maximum Gasteiger partial charge on any atom is 0.221 e. The van der Waals surface area contributed by atoms with E-state index in [0.717, 1.165) is 43.7 Å². The van der Waals surface area contributed by atoms with Crippen molar-refractivity contribution in [2.24, 2.45) is 7.05 Å². The number of anilines is 1. The zero-order valence-electron chi connectivity index (χ0n) is 16.0. The monoisotopic (exact) mass is 362 g/mol. The number of hydrogen-bond acceptors (Lipinski definition) is 3. The van der Waals surface area contributed by atoms with Gasteiger partial charge in [-0.3, -0.25) is 9.69 Å². The highest BCUT2D eigenvalue weighted by Gasteiger charge is 2.24. The highest BCUT2D eigenvalue weighted by molar-refractivity contribution is 5.88. The number of hydrogen-bond donors (Lipinski definition) is 1. The zero-order chi connectivity index (χ0) is 18.8. The molecule has 2 aromatic carbocycles. The van der Waals surface area contributed by atoms with Crippen LogP contribution in [0.25, 0.3) is 11.0 Å². The van der Waals surface area contributed by atoms with Gasteiger partial charge in [-0.05, 0) is 55.8 Å². The van der Waals surface area contributed by atoms with Gasteiger partial charge < -0.3 is 9.88 Å². The molecule has 1 N–H and O–H groups in total. The number of amides is 1. The van der Waals surface area contributed by atoms with Gasteiger partial charge in [0.25, 0.3) is 0 Å². The first-order valence-corrected chi connectivity index (χ1v) is 9.60. The van der Waals surface area contributed by atoms with E-state index in [4.69, 9.17) is 4.98 Å². The van der Waals surface area contributed by atoms with E-state index in [1.807, 2.05) is 12.1 Å². The lowest BCUT2D eigenvalue weighted by molar-refractivity contribution is -0.114. The molecule has 0 saturated carbocycles. The van der Waals surface area contributed by atoms with E-state index in [9.17, 15) is 4.79 Å². The Morgan fingerprint density at radius 2 is 1.81 bits per heavy atom. The second kappa shape index (κ2) is 7.53. The van der Waals surface area contributed by atoms with Crippen LogP contribution in [0.2, 0.25) is 0 Å². The number of rotatable bonds is 4. The van der Waals surface area contributed by atoms with E-state index in [1.54, 1.807) is 0 Å². The second-order valence-electron chi connectivity index (χ2n) is 7.45. The SMILES string of the molecule is CC(=O)Nc1ccc(CN2CCC(c3nc4ccccc4n3C)CC2)cc1. The second-order valence-corrected chi connectivity index (χ2v) is 7.45. The molecular weight excluding hydrogens is 336 g/mol. The molecule has 1 fully saturated rings. The van der Waals surface area contributed by atoms with E-state index in [1.165, 1.54) is 23.8 Å². The van der Waals surface area contributed by atoms with Crippen molar-refractivity contribution in [1.29, 1.82) is 0 Å². The Balaban J connectivity index is 1.37. The van der Waals surface area contributed by atoms with Crippen LogP contribution in [-0.4, -0.2) is 33.4 Å². The number of piperidine rings is 1. The van der Waals surface area contributed by atoms with Gasteiger partial charge in [-0.2, -0.15) is 0 Å². The van der Waals surface area contributed by atoms with Crippen LogP contribution >= 0.6 is 0 Å². The fraction of sp³-hybridized carbons (Fsp3) is 0.364. The topological polar surface area (TPSA) is 50.2 Å². The van der Waals surface area contributed by atoms with Gasteiger partial charge in [0.05, 0.1) is 11.0 Å². The Morgan fingerprint density at radius 1 is 1.11 bits per heavy atom. The quantitative estimate of drug-likeness (QED) is 0.765. The van der Waals surface area contributed by atoms with Gasteiger partial charge in [-0.25, -0.2) is 4.98 Å². The number of benzene rings is 2. The Labute approximate surface area is 160 Å². The number of aromatic nitrogens is 2. The molecular formula is C22H26N4O. The molecule has 0 aliphatic carbocycles. The molecule has 0 unspecified atom stereocenters. The standard InChI is InChI=1S/C22H26N4O/c1-16(27)23-19-9-7-17(8-10-19)15-26-13-11-18(12-14-26)22-24-20-5-3-4-6-21(20)25(22)2/h3-10,18H,11-15H2,1-2H3,(H,23,27). The first-order valence-electron chi connectivity index (χ1n) is 9.60. The minimum atomic E-state index is -0.0354. The van der Waals surface area contributed by atoms with Crippen LogP contribution in [0.3, 0.4) is 0 Å². The number of nitrogens with zero attached hydrogens (tertiary/aromatic N) is 3. The molecule has 5 heteroatoms.